The van der Waals surface area contributed by atoms with Gasteiger partial charge in [0.25, 0.3) is 0 Å². The Morgan fingerprint density at radius 1 is 0.455 bits per heavy atom. The molecular formula is C41H29N3. The Hall–Kier alpha value is -5.67. The lowest BCUT2D eigenvalue weighted by atomic mass is 9.92. The zero-order valence-corrected chi connectivity index (χ0v) is 24.4. The summed E-state index contributed by atoms with van der Waals surface area (Å²) < 4.78 is 2.31. The Morgan fingerprint density at radius 2 is 0.955 bits per heavy atom. The molecule has 1 aliphatic rings. The molecule has 0 saturated heterocycles. The second kappa shape index (κ2) is 9.68. The first kappa shape index (κ1) is 24.9. The van der Waals surface area contributed by atoms with Gasteiger partial charge in [-0.15, -0.1) is 0 Å². The van der Waals surface area contributed by atoms with Crippen LogP contribution in [0, 0.1) is 0 Å². The third-order valence-corrected chi connectivity index (χ3v) is 9.14. The number of fused-ring (bicyclic) bond motifs is 9. The predicted molar refractivity (Wildman–Crippen MR) is 187 cm³/mol. The monoisotopic (exact) mass is 563 g/mol. The normalized spacial score (nSPS) is 13.7. The molecule has 0 spiro atoms. The lowest BCUT2D eigenvalue weighted by Gasteiger charge is -2.26. The maximum atomic E-state index is 5.30. The first-order valence-electron chi connectivity index (χ1n) is 15.2. The molecule has 44 heavy (non-hydrogen) atoms. The Balaban J connectivity index is 1.18. The summed E-state index contributed by atoms with van der Waals surface area (Å²) in [7, 11) is 2.12. The summed E-state index contributed by atoms with van der Waals surface area (Å²) in [6.07, 6.45) is 2.23. The van der Waals surface area contributed by atoms with E-state index in [2.05, 4.69) is 162 Å². The maximum absolute atomic E-state index is 5.30. The minimum atomic E-state index is 0.786. The molecule has 0 amide bonds. The Labute approximate surface area is 255 Å². The van der Waals surface area contributed by atoms with Gasteiger partial charge in [-0.2, -0.15) is 0 Å². The molecule has 0 radical (unpaired) electrons. The van der Waals surface area contributed by atoms with Crippen LogP contribution >= 0.6 is 0 Å². The van der Waals surface area contributed by atoms with Crippen molar-refractivity contribution in [1.29, 1.82) is 0 Å². The molecule has 3 heteroatoms. The molecule has 7 aromatic carbocycles. The number of aromatic nitrogens is 1. The highest BCUT2D eigenvalue weighted by molar-refractivity contribution is 6.25. The largest absolute Gasteiger partial charge is 0.341 e. The van der Waals surface area contributed by atoms with Gasteiger partial charge in [0.15, 0.2) is 0 Å². The van der Waals surface area contributed by atoms with Crippen molar-refractivity contribution < 1.29 is 0 Å². The Kier molecular flexibility index (Phi) is 5.48. The van der Waals surface area contributed by atoms with Crippen molar-refractivity contribution in [2.24, 2.45) is 4.99 Å². The summed E-state index contributed by atoms with van der Waals surface area (Å²) >= 11 is 0. The fraction of sp³-hybridized carbons (Fsp3) is 0.0488. The number of nitrogens with zero attached hydrogens (tertiary/aromatic N) is 3. The quantitative estimate of drug-likeness (QED) is 0.192. The van der Waals surface area contributed by atoms with Crippen LogP contribution in [0.4, 0.5) is 0 Å². The number of hydrogen-bond donors (Lipinski definition) is 0. The molecule has 1 aliphatic heterocycles. The van der Waals surface area contributed by atoms with E-state index in [1.165, 1.54) is 65.3 Å². The van der Waals surface area contributed by atoms with E-state index in [4.69, 9.17) is 4.99 Å². The Morgan fingerprint density at radius 3 is 1.59 bits per heavy atom. The van der Waals surface area contributed by atoms with Crippen molar-refractivity contribution >= 4 is 65.8 Å². The maximum Gasteiger partial charge on any atom is 0.211 e. The molecule has 1 aromatic heterocycles. The average Bonchev–Trinajstić information content (AvgIpc) is 3.43. The summed E-state index contributed by atoms with van der Waals surface area (Å²) in [4.78, 5) is 7.53. The molecule has 0 bridgehead atoms. The van der Waals surface area contributed by atoms with E-state index in [-0.39, 0.29) is 0 Å². The van der Waals surface area contributed by atoms with Gasteiger partial charge in [-0.3, -0.25) is 4.57 Å². The van der Waals surface area contributed by atoms with Crippen LogP contribution in [0.15, 0.2) is 151 Å². The van der Waals surface area contributed by atoms with Crippen molar-refractivity contribution in [2.45, 2.75) is 0 Å². The van der Waals surface area contributed by atoms with Crippen molar-refractivity contribution in [1.82, 2.24) is 9.47 Å². The fourth-order valence-electron chi connectivity index (χ4n) is 7.03. The summed E-state index contributed by atoms with van der Waals surface area (Å²) in [5.41, 5.74) is 6.86. The third kappa shape index (κ3) is 3.73. The summed E-state index contributed by atoms with van der Waals surface area (Å²) in [5.74, 6) is 0.939. The highest BCUT2D eigenvalue weighted by Gasteiger charge is 2.21. The lowest BCUT2D eigenvalue weighted by molar-refractivity contribution is 0.541. The van der Waals surface area contributed by atoms with Crippen molar-refractivity contribution in [2.75, 3.05) is 13.6 Å². The zero-order valence-electron chi connectivity index (χ0n) is 24.4. The first-order chi connectivity index (χ1) is 21.7. The smallest absolute Gasteiger partial charge is 0.211 e. The van der Waals surface area contributed by atoms with Crippen molar-refractivity contribution in [3.05, 3.63) is 151 Å². The van der Waals surface area contributed by atoms with E-state index in [1.807, 2.05) is 0 Å². The molecule has 8 aromatic rings. The van der Waals surface area contributed by atoms with Crippen molar-refractivity contribution in [3.63, 3.8) is 0 Å². The molecule has 2 heterocycles. The van der Waals surface area contributed by atoms with Crippen LogP contribution < -0.4 is 0 Å². The second-order valence-electron chi connectivity index (χ2n) is 11.7. The number of likely N-dealkylation sites (N-methyl/N-ethyl adjacent to an activating group) is 1. The van der Waals surface area contributed by atoms with Crippen LogP contribution in [0.5, 0.6) is 0 Å². The molecule has 0 N–H and O–H groups in total. The lowest BCUT2D eigenvalue weighted by Crippen LogP contribution is -2.35. The van der Waals surface area contributed by atoms with Gasteiger partial charge in [-0.25, -0.2) is 4.99 Å². The number of para-hydroxylation sites is 2. The highest BCUT2D eigenvalue weighted by atomic mass is 15.3. The molecule has 0 unspecified atom stereocenters. The van der Waals surface area contributed by atoms with Crippen molar-refractivity contribution in [3.8, 4) is 11.1 Å². The number of aliphatic imine (C=N–C) groups is 1. The van der Waals surface area contributed by atoms with Gasteiger partial charge in [-0.05, 0) is 73.8 Å². The summed E-state index contributed by atoms with van der Waals surface area (Å²) in [6.45, 7) is 0.786. The van der Waals surface area contributed by atoms with Gasteiger partial charge in [0, 0.05) is 29.9 Å². The van der Waals surface area contributed by atoms with E-state index in [0.29, 0.717) is 0 Å². The van der Waals surface area contributed by atoms with Crippen LogP contribution in [-0.2, 0) is 0 Å². The number of hydrogen-bond acceptors (Lipinski definition) is 2. The van der Waals surface area contributed by atoms with E-state index in [0.717, 1.165) is 23.8 Å². The fourth-order valence-corrected chi connectivity index (χ4v) is 7.03. The second-order valence-corrected chi connectivity index (χ2v) is 11.7. The third-order valence-electron chi connectivity index (χ3n) is 9.14. The van der Waals surface area contributed by atoms with Gasteiger partial charge in [0.1, 0.15) is 0 Å². The van der Waals surface area contributed by atoms with Gasteiger partial charge in [0.2, 0.25) is 5.96 Å². The van der Waals surface area contributed by atoms with Crippen LogP contribution in [0.3, 0.4) is 0 Å². The molecule has 0 fully saturated rings. The van der Waals surface area contributed by atoms with Gasteiger partial charge >= 0.3 is 0 Å². The standard InChI is InChI=1S/C41H29N3/c1-43-24-23-38(42-41(43)44-39-19-8-6-17-35(39)36-18-7-9-20-40(36)44)29-12-10-11-27(25-29)28-21-22-34-32-15-3-2-13-30(32)31-14-4-5-16-33(31)37(34)26-28/h2-23,25-26H,24H2,1H3. The SMILES string of the molecule is CN1CC=C(c2cccc(-c3ccc4c5ccccc5c5ccccc5c4c3)c2)N=C1n1c2ccccc2c2ccccc21. The predicted octanol–water partition coefficient (Wildman–Crippen LogP) is 10.1. The van der Waals surface area contributed by atoms with E-state index in [1.54, 1.807) is 0 Å². The molecule has 0 saturated carbocycles. The topological polar surface area (TPSA) is 20.5 Å². The van der Waals surface area contributed by atoms with Crippen LogP contribution in [0.25, 0.3) is 70.9 Å². The van der Waals surface area contributed by atoms with Crippen LogP contribution in [0.2, 0.25) is 0 Å². The molecule has 208 valence electrons. The Bertz CT molecular complexity index is 2410. The molecule has 9 rings (SSSR count). The molecule has 0 atom stereocenters. The molecule has 3 nitrogen and oxygen atoms in total. The van der Waals surface area contributed by atoms with E-state index >= 15 is 0 Å². The summed E-state index contributed by atoms with van der Waals surface area (Å²) in [5, 5.41) is 10.2. The zero-order chi connectivity index (χ0) is 29.2. The number of benzene rings is 7. The summed E-state index contributed by atoms with van der Waals surface area (Å²) in [6, 6.07) is 50.5. The van der Waals surface area contributed by atoms with Gasteiger partial charge < -0.3 is 4.90 Å². The average molecular weight is 564 g/mol. The minimum absolute atomic E-state index is 0.786. The van der Waals surface area contributed by atoms with Crippen LogP contribution in [0.1, 0.15) is 5.56 Å². The van der Waals surface area contributed by atoms with Gasteiger partial charge in [0.05, 0.1) is 16.7 Å². The molecule has 0 aliphatic carbocycles. The van der Waals surface area contributed by atoms with E-state index < -0.39 is 0 Å². The number of rotatable bonds is 2. The van der Waals surface area contributed by atoms with E-state index in [9.17, 15) is 0 Å². The highest BCUT2D eigenvalue weighted by Crippen LogP contribution is 2.38. The minimum Gasteiger partial charge on any atom is -0.341 e. The molecular weight excluding hydrogens is 534 g/mol. The van der Waals surface area contributed by atoms with Crippen LogP contribution in [-0.4, -0.2) is 29.0 Å². The first-order valence-corrected chi connectivity index (χ1v) is 15.2. The van der Waals surface area contributed by atoms with Gasteiger partial charge in [-0.1, -0.05) is 115 Å².